The average molecular weight is 433 g/mol. The van der Waals surface area contributed by atoms with Crippen molar-refractivity contribution in [2.24, 2.45) is 17.3 Å². The van der Waals surface area contributed by atoms with Crippen LogP contribution in [0, 0.1) is 24.2 Å². The lowest BCUT2D eigenvalue weighted by Gasteiger charge is -2.40. The predicted molar refractivity (Wildman–Crippen MR) is 132 cm³/mol. The van der Waals surface area contributed by atoms with Crippen LogP contribution in [0.5, 0.6) is 0 Å². The molecule has 0 bridgehead atoms. The molecular formula is C29H40N2O. The minimum absolute atomic E-state index is 0.229. The molecule has 3 nitrogen and oxygen atoms in total. The van der Waals surface area contributed by atoms with E-state index in [0.717, 1.165) is 31.1 Å². The summed E-state index contributed by atoms with van der Waals surface area (Å²) in [5.41, 5.74) is 3.65. The van der Waals surface area contributed by atoms with Crippen LogP contribution in [0.1, 0.15) is 62.6 Å². The molecule has 2 aromatic rings. The molecule has 1 N–H and O–H groups in total. The third kappa shape index (κ3) is 5.61. The molecule has 0 aromatic heterocycles. The van der Waals surface area contributed by atoms with E-state index >= 15 is 0 Å². The van der Waals surface area contributed by atoms with E-state index in [-0.39, 0.29) is 11.3 Å². The highest BCUT2D eigenvalue weighted by Crippen LogP contribution is 2.42. The van der Waals surface area contributed by atoms with Crippen LogP contribution in [0.25, 0.3) is 0 Å². The van der Waals surface area contributed by atoms with E-state index < -0.39 is 0 Å². The van der Waals surface area contributed by atoms with Crippen LogP contribution in [-0.2, 0) is 17.8 Å². The second-order valence-electron chi connectivity index (χ2n) is 10.7. The van der Waals surface area contributed by atoms with E-state index in [2.05, 4.69) is 85.6 Å². The van der Waals surface area contributed by atoms with Gasteiger partial charge in [-0.25, -0.2) is 0 Å². The standard InChI is InChI=1S/C29H40N2O/c1-22-8-7-11-25(18-22)20-30-28(32)29(3)16-14-27(19-29)31-17-15-26(23(2)21-31)13-12-24-9-5-4-6-10-24/h4-11,18,23,26-27H,12-17,19-21H2,1-3H3,(H,30,32)/t23-,26+,27?,29?/m0/s1. The van der Waals surface area contributed by atoms with E-state index in [0.29, 0.717) is 12.6 Å². The first kappa shape index (κ1) is 23.0. The molecule has 1 heterocycles. The maximum absolute atomic E-state index is 13.1. The third-order valence-electron chi connectivity index (χ3n) is 8.08. The maximum atomic E-state index is 13.1. The summed E-state index contributed by atoms with van der Waals surface area (Å²) in [7, 11) is 0. The number of hydrogen-bond acceptors (Lipinski definition) is 2. The van der Waals surface area contributed by atoms with Gasteiger partial charge in [-0.15, -0.1) is 0 Å². The second-order valence-corrected chi connectivity index (χ2v) is 10.7. The first-order chi connectivity index (χ1) is 15.4. The van der Waals surface area contributed by atoms with Gasteiger partial charge in [-0.3, -0.25) is 4.79 Å². The first-order valence-electron chi connectivity index (χ1n) is 12.5. The van der Waals surface area contributed by atoms with Crippen LogP contribution in [0.3, 0.4) is 0 Å². The Morgan fingerprint density at radius 2 is 1.88 bits per heavy atom. The van der Waals surface area contributed by atoms with Crippen LogP contribution in [0.2, 0.25) is 0 Å². The Labute approximate surface area is 194 Å². The van der Waals surface area contributed by atoms with Crippen LogP contribution >= 0.6 is 0 Å². The molecule has 1 aliphatic heterocycles. The highest BCUT2D eigenvalue weighted by Gasteiger charge is 2.44. The molecule has 1 aliphatic carbocycles. The van der Waals surface area contributed by atoms with Crippen LogP contribution in [0.15, 0.2) is 54.6 Å². The fourth-order valence-electron chi connectivity index (χ4n) is 5.93. The van der Waals surface area contributed by atoms with E-state index in [1.807, 2.05) is 0 Å². The Bertz CT molecular complexity index is 895. The Kier molecular flexibility index (Phi) is 7.35. The fraction of sp³-hybridized carbons (Fsp3) is 0.552. The van der Waals surface area contributed by atoms with E-state index in [1.165, 1.54) is 49.0 Å². The maximum Gasteiger partial charge on any atom is 0.226 e. The zero-order valence-corrected chi connectivity index (χ0v) is 20.1. The van der Waals surface area contributed by atoms with Gasteiger partial charge in [0, 0.05) is 24.5 Å². The number of piperidine rings is 1. The smallest absolute Gasteiger partial charge is 0.226 e. The second kappa shape index (κ2) is 10.2. The zero-order chi connectivity index (χ0) is 22.6. The van der Waals surface area contributed by atoms with Crippen molar-refractivity contribution >= 4 is 5.91 Å². The monoisotopic (exact) mass is 432 g/mol. The van der Waals surface area contributed by atoms with Crippen LogP contribution < -0.4 is 5.32 Å². The third-order valence-corrected chi connectivity index (χ3v) is 8.08. The molecule has 2 unspecified atom stereocenters. The van der Waals surface area contributed by atoms with Gasteiger partial charge >= 0.3 is 0 Å². The van der Waals surface area contributed by atoms with E-state index in [4.69, 9.17) is 0 Å². The van der Waals surface area contributed by atoms with Crippen molar-refractivity contribution in [2.45, 2.75) is 71.9 Å². The Hall–Kier alpha value is -2.13. The van der Waals surface area contributed by atoms with Gasteiger partial charge in [-0.05, 0) is 75.0 Å². The minimum Gasteiger partial charge on any atom is -0.352 e. The van der Waals surface area contributed by atoms with Gasteiger partial charge in [0.1, 0.15) is 0 Å². The summed E-state index contributed by atoms with van der Waals surface area (Å²) in [6, 6.07) is 19.9. The van der Waals surface area contributed by atoms with Gasteiger partial charge in [0.15, 0.2) is 0 Å². The SMILES string of the molecule is Cc1cccc(CNC(=O)C2(C)CCC(N3CC[C@@H](CCc4ccccc4)[C@@H](C)C3)C2)c1. The van der Waals surface area contributed by atoms with Crippen molar-refractivity contribution < 1.29 is 4.79 Å². The average Bonchev–Trinajstić information content (AvgIpc) is 3.21. The van der Waals surface area contributed by atoms with Crippen molar-refractivity contribution in [3.63, 3.8) is 0 Å². The highest BCUT2D eigenvalue weighted by molar-refractivity contribution is 5.82. The Morgan fingerprint density at radius 3 is 2.62 bits per heavy atom. The summed E-state index contributed by atoms with van der Waals surface area (Å²) >= 11 is 0. The van der Waals surface area contributed by atoms with Gasteiger partial charge in [0.25, 0.3) is 0 Å². The molecular weight excluding hydrogens is 392 g/mol. The molecule has 1 saturated heterocycles. The van der Waals surface area contributed by atoms with Crippen LogP contribution in [0.4, 0.5) is 0 Å². The lowest BCUT2D eigenvalue weighted by molar-refractivity contribution is -0.130. The molecule has 2 aliphatic rings. The zero-order valence-electron chi connectivity index (χ0n) is 20.1. The Balaban J connectivity index is 1.25. The molecule has 2 aromatic carbocycles. The summed E-state index contributed by atoms with van der Waals surface area (Å²) in [4.78, 5) is 15.8. The Morgan fingerprint density at radius 1 is 1.09 bits per heavy atom. The fourth-order valence-corrected chi connectivity index (χ4v) is 5.93. The topological polar surface area (TPSA) is 32.3 Å². The number of rotatable bonds is 7. The van der Waals surface area contributed by atoms with Gasteiger partial charge in [0.05, 0.1) is 0 Å². The quantitative estimate of drug-likeness (QED) is 0.603. The molecule has 0 radical (unpaired) electrons. The summed E-state index contributed by atoms with van der Waals surface area (Å²) in [5.74, 6) is 1.78. The molecule has 0 spiro atoms. The summed E-state index contributed by atoms with van der Waals surface area (Å²) < 4.78 is 0. The number of aryl methyl sites for hydroxylation is 2. The number of nitrogens with zero attached hydrogens (tertiary/aromatic N) is 1. The first-order valence-corrected chi connectivity index (χ1v) is 12.5. The van der Waals surface area contributed by atoms with Crippen molar-refractivity contribution in [1.82, 2.24) is 10.2 Å². The largest absolute Gasteiger partial charge is 0.352 e. The molecule has 2 fully saturated rings. The number of benzene rings is 2. The van der Waals surface area contributed by atoms with Gasteiger partial charge in [-0.1, -0.05) is 74.0 Å². The molecule has 4 atom stereocenters. The molecule has 32 heavy (non-hydrogen) atoms. The molecule has 4 rings (SSSR count). The normalized spacial score (nSPS) is 28.5. The number of carbonyl (C=O) groups is 1. The molecule has 172 valence electrons. The van der Waals surface area contributed by atoms with Gasteiger partial charge in [-0.2, -0.15) is 0 Å². The number of nitrogens with one attached hydrogen (secondary N) is 1. The van der Waals surface area contributed by atoms with Gasteiger partial charge in [0.2, 0.25) is 5.91 Å². The lowest BCUT2D eigenvalue weighted by atomic mass is 9.81. The van der Waals surface area contributed by atoms with Crippen molar-refractivity contribution in [2.75, 3.05) is 13.1 Å². The lowest BCUT2D eigenvalue weighted by Crippen LogP contribution is -2.45. The summed E-state index contributed by atoms with van der Waals surface area (Å²) in [6.45, 7) is 9.71. The molecule has 3 heteroatoms. The number of amides is 1. The van der Waals surface area contributed by atoms with Crippen molar-refractivity contribution in [1.29, 1.82) is 0 Å². The number of hydrogen-bond donors (Lipinski definition) is 1. The van der Waals surface area contributed by atoms with Crippen LogP contribution in [-0.4, -0.2) is 29.9 Å². The van der Waals surface area contributed by atoms with E-state index in [1.54, 1.807) is 0 Å². The number of likely N-dealkylation sites (tertiary alicyclic amines) is 1. The molecule has 1 saturated carbocycles. The van der Waals surface area contributed by atoms with Gasteiger partial charge < -0.3 is 10.2 Å². The number of carbonyl (C=O) groups excluding carboxylic acids is 1. The van der Waals surface area contributed by atoms with Crippen molar-refractivity contribution in [3.8, 4) is 0 Å². The molecule has 1 amide bonds. The summed E-state index contributed by atoms with van der Waals surface area (Å²) in [6.07, 6.45) is 6.92. The summed E-state index contributed by atoms with van der Waals surface area (Å²) in [5, 5.41) is 3.22. The van der Waals surface area contributed by atoms with E-state index in [9.17, 15) is 4.79 Å². The van der Waals surface area contributed by atoms with Crippen molar-refractivity contribution in [3.05, 3.63) is 71.3 Å². The predicted octanol–water partition coefficient (Wildman–Crippen LogP) is 5.76. The highest BCUT2D eigenvalue weighted by atomic mass is 16.2. The minimum atomic E-state index is -0.234.